The molecule has 1 aromatic carbocycles. The van der Waals surface area contributed by atoms with Crippen LogP contribution in [-0.4, -0.2) is 12.1 Å². The Labute approximate surface area is 114 Å². The second-order valence-electron chi connectivity index (χ2n) is 5.02. The maximum atomic E-state index is 11.2. The van der Waals surface area contributed by atoms with Crippen LogP contribution in [-0.2, 0) is 16.0 Å². The molecule has 100 valence electrons. The smallest absolute Gasteiger partial charge is 0.303 e. The molecule has 0 amide bonds. The molecular weight excluding hydrogens is 236 g/mol. The summed E-state index contributed by atoms with van der Waals surface area (Å²) in [5.74, 6) is -0.255. The predicted molar refractivity (Wildman–Crippen MR) is 76.8 cm³/mol. The van der Waals surface area contributed by atoms with Crippen LogP contribution in [0.15, 0.2) is 54.1 Å². The minimum absolute atomic E-state index is 0.255. The Hall–Kier alpha value is -1.83. The standard InChI is InChI=1S/C17H20O2/c1-13(11-15-9-6-10-15)17(19-14(2)18)12-16-7-4-3-5-8-16/h3-5,7-8,11,17H,1,6,9-10,12H2,2H3. The van der Waals surface area contributed by atoms with E-state index in [-0.39, 0.29) is 12.1 Å². The lowest BCUT2D eigenvalue weighted by Gasteiger charge is -2.21. The first-order chi connectivity index (χ1) is 9.15. The molecule has 2 rings (SSSR count). The number of rotatable bonds is 5. The minimum Gasteiger partial charge on any atom is -0.457 e. The largest absolute Gasteiger partial charge is 0.457 e. The summed E-state index contributed by atoms with van der Waals surface area (Å²) in [4.78, 5) is 11.2. The van der Waals surface area contributed by atoms with Crippen molar-refractivity contribution in [3.8, 4) is 0 Å². The Bertz CT molecular complexity index is 479. The zero-order chi connectivity index (χ0) is 13.7. The summed E-state index contributed by atoms with van der Waals surface area (Å²) in [6.07, 6.45) is 6.08. The molecule has 1 unspecified atom stereocenters. The van der Waals surface area contributed by atoms with E-state index in [4.69, 9.17) is 4.74 Å². The minimum atomic E-state index is -0.256. The van der Waals surface area contributed by atoms with E-state index in [0.717, 1.165) is 24.0 Å². The van der Waals surface area contributed by atoms with Crippen LogP contribution in [0, 0.1) is 0 Å². The van der Waals surface area contributed by atoms with Crippen molar-refractivity contribution in [3.63, 3.8) is 0 Å². The summed E-state index contributed by atoms with van der Waals surface area (Å²) in [6.45, 7) is 5.52. The first-order valence-electron chi connectivity index (χ1n) is 6.74. The van der Waals surface area contributed by atoms with Gasteiger partial charge in [0.25, 0.3) is 0 Å². The fourth-order valence-electron chi connectivity index (χ4n) is 2.16. The Kier molecular flexibility index (Phi) is 4.56. The van der Waals surface area contributed by atoms with Gasteiger partial charge in [-0.25, -0.2) is 0 Å². The van der Waals surface area contributed by atoms with E-state index >= 15 is 0 Å². The second-order valence-corrected chi connectivity index (χ2v) is 5.02. The van der Waals surface area contributed by atoms with Crippen LogP contribution in [0.5, 0.6) is 0 Å². The lowest BCUT2D eigenvalue weighted by atomic mass is 9.89. The molecule has 0 aromatic heterocycles. The van der Waals surface area contributed by atoms with Crippen molar-refractivity contribution in [2.24, 2.45) is 0 Å². The van der Waals surface area contributed by atoms with E-state index in [1.807, 2.05) is 30.3 Å². The predicted octanol–water partition coefficient (Wildman–Crippen LogP) is 3.83. The topological polar surface area (TPSA) is 26.3 Å². The van der Waals surface area contributed by atoms with E-state index in [1.165, 1.54) is 18.9 Å². The van der Waals surface area contributed by atoms with Crippen LogP contribution < -0.4 is 0 Å². The molecule has 0 bridgehead atoms. The van der Waals surface area contributed by atoms with E-state index < -0.39 is 0 Å². The highest BCUT2D eigenvalue weighted by Crippen LogP contribution is 2.27. The fraction of sp³-hybridized carbons (Fsp3) is 0.353. The van der Waals surface area contributed by atoms with Gasteiger partial charge in [0, 0.05) is 13.3 Å². The third-order valence-corrected chi connectivity index (χ3v) is 3.37. The molecule has 0 saturated heterocycles. The summed E-state index contributed by atoms with van der Waals surface area (Å²) < 4.78 is 5.40. The molecule has 0 aliphatic heterocycles. The fourth-order valence-corrected chi connectivity index (χ4v) is 2.16. The van der Waals surface area contributed by atoms with Crippen LogP contribution in [0.1, 0.15) is 31.7 Å². The molecule has 1 aromatic rings. The average molecular weight is 256 g/mol. The van der Waals surface area contributed by atoms with E-state index in [2.05, 4.69) is 12.7 Å². The van der Waals surface area contributed by atoms with E-state index in [0.29, 0.717) is 6.42 Å². The third kappa shape index (κ3) is 4.09. The molecule has 0 N–H and O–H groups in total. The van der Waals surface area contributed by atoms with Crippen molar-refractivity contribution >= 4 is 5.97 Å². The summed E-state index contributed by atoms with van der Waals surface area (Å²) >= 11 is 0. The van der Waals surface area contributed by atoms with Gasteiger partial charge in [-0.1, -0.05) is 48.6 Å². The van der Waals surface area contributed by atoms with E-state index in [9.17, 15) is 4.79 Å². The van der Waals surface area contributed by atoms with Gasteiger partial charge in [-0.05, 0) is 30.4 Å². The summed E-state index contributed by atoms with van der Waals surface area (Å²) in [5, 5.41) is 0. The van der Waals surface area contributed by atoms with Crippen molar-refractivity contribution in [1.82, 2.24) is 0 Å². The summed E-state index contributed by atoms with van der Waals surface area (Å²) in [6, 6.07) is 10.1. The number of esters is 1. The third-order valence-electron chi connectivity index (χ3n) is 3.37. The summed E-state index contributed by atoms with van der Waals surface area (Å²) in [7, 11) is 0. The normalized spacial score (nSPS) is 15.3. The molecule has 1 atom stereocenters. The Morgan fingerprint density at radius 2 is 2.05 bits per heavy atom. The van der Waals surface area contributed by atoms with Gasteiger partial charge in [-0.2, -0.15) is 0 Å². The first kappa shape index (κ1) is 13.6. The summed E-state index contributed by atoms with van der Waals surface area (Å²) in [5.41, 5.74) is 3.46. The van der Waals surface area contributed by atoms with Gasteiger partial charge in [0.15, 0.2) is 0 Å². The Morgan fingerprint density at radius 3 is 2.58 bits per heavy atom. The van der Waals surface area contributed by atoms with Gasteiger partial charge in [0.05, 0.1) is 0 Å². The van der Waals surface area contributed by atoms with Crippen molar-refractivity contribution in [2.45, 2.75) is 38.7 Å². The number of allylic oxidation sites excluding steroid dienone is 1. The molecule has 19 heavy (non-hydrogen) atoms. The van der Waals surface area contributed by atoms with Gasteiger partial charge in [-0.15, -0.1) is 0 Å². The van der Waals surface area contributed by atoms with Gasteiger partial charge in [-0.3, -0.25) is 4.79 Å². The molecule has 1 fully saturated rings. The molecule has 0 radical (unpaired) electrons. The van der Waals surface area contributed by atoms with Gasteiger partial charge in [0.1, 0.15) is 6.10 Å². The SMILES string of the molecule is C=C(C=C1CCC1)C(Cc1ccccc1)OC(C)=O. The number of ether oxygens (including phenoxy) is 1. The highest BCUT2D eigenvalue weighted by Gasteiger charge is 2.17. The van der Waals surface area contributed by atoms with Crippen LogP contribution in [0.3, 0.4) is 0 Å². The molecule has 2 nitrogen and oxygen atoms in total. The quantitative estimate of drug-likeness (QED) is 0.748. The number of benzene rings is 1. The molecule has 0 spiro atoms. The van der Waals surface area contributed by atoms with E-state index in [1.54, 1.807) is 0 Å². The molecule has 1 aliphatic rings. The zero-order valence-corrected chi connectivity index (χ0v) is 11.4. The molecular formula is C17H20O2. The van der Waals surface area contributed by atoms with Gasteiger partial charge >= 0.3 is 5.97 Å². The van der Waals surface area contributed by atoms with Crippen molar-refractivity contribution in [1.29, 1.82) is 0 Å². The monoisotopic (exact) mass is 256 g/mol. The van der Waals surface area contributed by atoms with Crippen LogP contribution in [0.4, 0.5) is 0 Å². The van der Waals surface area contributed by atoms with Gasteiger partial charge < -0.3 is 4.74 Å². The highest BCUT2D eigenvalue weighted by molar-refractivity contribution is 5.66. The highest BCUT2D eigenvalue weighted by atomic mass is 16.5. The maximum absolute atomic E-state index is 11.2. The van der Waals surface area contributed by atoms with Crippen LogP contribution in [0.2, 0.25) is 0 Å². The van der Waals surface area contributed by atoms with Crippen molar-refractivity contribution in [3.05, 3.63) is 59.7 Å². The van der Waals surface area contributed by atoms with Gasteiger partial charge in [0.2, 0.25) is 0 Å². The van der Waals surface area contributed by atoms with Crippen molar-refractivity contribution in [2.75, 3.05) is 0 Å². The number of carbonyl (C=O) groups is 1. The molecule has 0 heterocycles. The lowest BCUT2D eigenvalue weighted by molar-refractivity contribution is -0.144. The zero-order valence-electron chi connectivity index (χ0n) is 11.4. The number of carbonyl (C=O) groups excluding carboxylic acids is 1. The Balaban J connectivity index is 2.06. The first-order valence-corrected chi connectivity index (χ1v) is 6.74. The van der Waals surface area contributed by atoms with Crippen LogP contribution in [0.25, 0.3) is 0 Å². The number of hydrogen-bond donors (Lipinski definition) is 0. The molecule has 1 saturated carbocycles. The molecule has 1 aliphatic carbocycles. The second kappa shape index (κ2) is 6.37. The lowest BCUT2D eigenvalue weighted by Crippen LogP contribution is -2.21. The maximum Gasteiger partial charge on any atom is 0.303 e. The average Bonchev–Trinajstić information content (AvgIpc) is 2.33. The molecule has 2 heteroatoms. The van der Waals surface area contributed by atoms with Crippen molar-refractivity contribution < 1.29 is 9.53 Å². The Morgan fingerprint density at radius 1 is 1.37 bits per heavy atom. The van der Waals surface area contributed by atoms with Crippen LogP contribution >= 0.6 is 0 Å². The number of hydrogen-bond acceptors (Lipinski definition) is 2.